The molecule has 98 valence electrons. The van der Waals surface area contributed by atoms with Crippen LogP contribution < -0.4 is 5.32 Å². The normalized spacial score (nSPS) is 32.4. The molecule has 1 fully saturated rings. The molecular formula is C12H21NO3S. The van der Waals surface area contributed by atoms with Crippen molar-refractivity contribution in [1.82, 2.24) is 5.32 Å². The number of sulfone groups is 1. The Bertz CT molecular complexity index is 389. The van der Waals surface area contributed by atoms with Gasteiger partial charge in [0.15, 0.2) is 9.84 Å². The second kappa shape index (κ2) is 5.50. The highest BCUT2D eigenvalue weighted by molar-refractivity contribution is 7.91. The minimum Gasteiger partial charge on any atom is -0.390 e. The Morgan fingerprint density at radius 1 is 1.35 bits per heavy atom. The van der Waals surface area contributed by atoms with Crippen LogP contribution >= 0.6 is 0 Å². The van der Waals surface area contributed by atoms with Crippen LogP contribution in [0.2, 0.25) is 0 Å². The van der Waals surface area contributed by atoms with E-state index in [9.17, 15) is 13.5 Å². The zero-order chi connectivity index (χ0) is 12.3. The molecule has 17 heavy (non-hydrogen) atoms. The predicted octanol–water partition coefficient (Wildman–Crippen LogP) is 0.624. The van der Waals surface area contributed by atoms with Crippen molar-refractivity contribution < 1.29 is 13.5 Å². The third-order valence-corrected chi connectivity index (χ3v) is 5.28. The lowest BCUT2D eigenvalue weighted by molar-refractivity contribution is 0.166. The molecule has 2 aliphatic rings. The first kappa shape index (κ1) is 13.1. The zero-order valence-corrected chi connectivity index (χ0v) is 10.9. The topological polar surface area (TPSA) is 66.4 Å². The summed E-state index contributed by atoms with van der Waals surface area (Å²) in [5.41, 5.74) is 1.47. The van der Waals surface area contributed by atoms with Crippen molar-refractivity contribution in [3.05, 3.63) is 11.6 Å². The highest BCUT2D eigenvalue weighted by Crippen LogP contribution is 2.20. The van der Waals surface area contributed by atoms with Gasteiger partial charge in [0, 0.05) is 6.04 Å². The molecule has 0 aromatic heterocycles. The van der Waals surface area contributed by atoms with E-state index in [0.717, 1.165) is 13.0 Å². The lowest BCUT2D eigenvalue weighted by atomic mass is 9.97. The summed E-state index contributed by atoms with van der Waals surface area (Å²) in [6.07, 6.45) is 7.45. The molecule has 2 N–H and O–H groups in total. The fraction of sp³-hybridized carbons (Fsp3) is 0.833. The summed E-state index contributed by atoms with van der Waals surface area (Å²) in [4.78, 5) is 0. The second-order valence-corrected chi connectivity index (χ2v) is 7.22. The highest BCUT2D eigenvalue weighted by Gasteiger charge is 2.35. The Labute approximate surface area is 103 Å². The molecule has 1 saturated heterocycles. The Balaban J connectivity index is 1.74. The minimum absolute atomic E-state index is 0.0766. The molecule has 2 rings (SSSR count). The lowest BCUT2D eigenvalue weighted by Crippen LogP contribution is -2.39. The van der Waals surface area contributed by atoms with Gasteiger partial charge in [-0.3, -0.25) is 0 Å². The Hall–Kier alpha value is -0.390. The quantitative estimate of drug-likeness (QED) is 0.727. The molecule has 1 heterocycles. The van der Waals surface area contributed by atoms with Crippen molar-refractivity contribution >= 4 is 9.84 Å². The van der Waals surface area contributed by atoms with E-state index in [1.807, 2.05) is 0 Å². The summed E-state index contributed by atoms with van der Waals surface area (Å²) in [5.74, 6) is -0.0133. The van der Waals surface area contributed by atoms with Gasteiger partial charge in [0.25, 0.3) is 0 Å². The van der Waals surface area contributed by atoms with Gasteiger partial charge in [-0.15, -0.1) is 0 Å². The van der Waals surface area contributed by atoms with Crippen molar-refractivity contribution in [2.24, 2.45) is 0 Å². The summed E-state index contributed by atoms with van der Waals surface area (Å²) in [6.45, 7) is 0.767. The molecule has 0 radical (unpaired) electrons. The van der Waals surface area contributed by atoms with Gasteiger partial charge in [-0.25, -0.2) is 8.42 Å². The van der Waals surface area contributed by atoms with Crippen LogP contribution in [0.5, 0.6) is 0 Å². The lowest BCUT2D eigenvalue weighted by Gasteiger charge is -2.17. The molecule has 0 spiro atoms. The predicted molar refractivity (Wildman–Crippen MR) is 67.6 cm³/mol. The van der Waals surface area contributed by atoms with Crippen LogP contribution in [0.4, 0.5) is 0 Å². The number of allylic oxidation sites excluding steroid dienone is 1. The van der Waals surface area contributed by atoms with Crippen molar-refractivity contribution in [2.45, 2.75) is 44.2 Å². The number of hydrogen-bond donors (Lipinski definition) is 2. The molecule has 1 aliphatic carbocycles. The third-order valence-electron chi connectivity index (χ3n) is 3.56. The van der Waals surface area contributed by atoms with Crippen LogP contribution in [0.15, 0.2) is 11.6 Å². The van der Waals surface area contributed by atoms with Gasteiger partial charge >= 0.3 is 0 Å². The molecule has 0 unspecified atom stereocenters. The van der Waals surface area contributed by atoms with E-state index in [1.165, 1.54) is 31.3 Å². The molecule has 4 nitrogen and oxygen atoms in total. The van der Waals surface area contributed by atoms with Gasteiger partial charge in [-0.1, -0.05) is 11.6 Å². The minimum atomic E-state index is -3.03. The van der Waals surface area contributed by atoms with E-state index < -0.39 is 15.9 Å². The SMILES string of the molecule is O=S1(=O)C[C@@H](O)[C@@H](NCCC2=CCCCC2)C1. The highest BCUT2D eigenvalue weighted by atomic mass is 32.2. The Morgan fingerprint density at radius 2 is 2.18 bits per heavy atom. The molecule has 0 bridgehead atoms. The number of hydrogen-bond acceptors (Lipinski definition) is 4. The monoisotopic (exact) mass is 259 g/mol. The first-order valence-corrected chi connectivity index (χ1v) is 8.19. The molecule has 5 heteroatoms. The summed E-state index contributed by atoms with van der Waals surface area (Å²) in [5, 5.41) is 12.8. The molecule has 0 aromatic carbocycles. The van der Waals surface area contributed by atoms with E-state index in [2.05, 4.69) is 11.4 Å². The summed E-state index contributed by atoms with van der Waals surface area (Å²) in [7, 11) is -3.03. The van der Waals surface area contributed by atoms with Gasteiger partial charge in [0.2, 0.25) is 0 Å². The average Bonchev–Trinajstić information content (AvgIpc) is 2.53. The molecule has 1 aliphatic heterocycles. The maximum absolute atomic E-state index is 11.3. The van der Waals surface area contributed by atoms with Crippen molar-refractivity contribution in [3.63, 3.8) is 0 Å². The second-order valence-electron chi connectivity index (χ2n) is 5.06. The maximum atomic E-state index is 11.3. The molecule has 2 atom stereocenters. The van der Waals surface area contributed by atoms with Gasteiger partial charge in [0.05, 0.1) is 17.6 Å². The smallest absolute Gasteiger partial charge is 0.154 e. The Kier molecular flexibility index (Phi) is 4.22. The van der Waals surface area contributed by atoms with Crippen molar-refractivity contribution in [2.75, 3.05) is 18.1 Å². The van der Waals surface area contributed by atoms with Crippen molar-refractivity contribution in [3.8, 4) is 0 Å². The van der Waals surface area contributed by atoms with E-state index >= 15 is 0 Å². The number of aliphatic hydroxyl groups excluding tert-OH is 1. The van der Waals surface area contributed by atoms with Crippen molar-refractivity contribution in [1.29, 1.82) is 0 Å². The van der Waals surface area contributed by atoms with Crippen LogP contribution in [0, 0.1) is 0 Å². The number of aliphatic hydroxyl groups is 1. The maximum Gasteiger partial charge on any atom is 0.154 e. The van der Waals surface area contributed by atoms with E-state index in [-0.39, 0.29) is 17.5 Å². The van der Waals surface area contributed by atoms with Gasteiger partial charge in [-0.2, -0.15) is 0 Å². The van der Waals surface area contributed by atoms with E-state index in [4.69, 9.17) is 0 Å². The third kappa shape index (κ3) is 3.79. The fourth-order valence-corrected chi connectivity index (χ4v) is 4.35. The van der Waals surface area contributed by atoms with Crippen LogP contribution in [0.25, 0.3) is 0 Å². The first-order valence-electron chi connectivity index (χ1n) is 6.36. The van der Waals surface area contributed by atoms with Gasteiger partial charge in [-0.05, 0) is 38.6 Å². The fourth-order valence-electron chi connectivity index (χ4n) is 2.57. The first-order chi connectivity index (χ1) is 8.07. The summed E-state index contributed by atoms with van der Waals surface area (Å²) >= 11 is 0. The largest absolute Gasteiger partial charge is 0.390 e. The standard InChI is InChI=1S/C12H21NO3S/c14-12-9-17(15,16)8-11(12)13-7-6-10-4-2-1-3-5-10/h4,11-14H,1-3,5-9H2/t11-,12+/m0/s1. The summed E-state index contributed by atoms with van der Waals surface area (Å²) in [6, 6.07) is -0.274. The average molecular weight is 259 g/mol. The molecule has 0 amide bonds. The van der Waals surface area contributed by atoms with Crippen LogP contribution in [-0.4, -0.2) is 43.7 Å². The van der Waals surface area contributed by atoms with Crippen LogP contribution in [0.3, 0.4) is 0 Å². The molecular weight excluding hydrogens is 238 g/mol. The molecule has 0 saturated carbocycles. The molecule has 0 aromatic rings. The summed E-state index contributed by atoms with van der Waals surface area (Å²) < 4.78 is 22.6. The number of rotatable bonds is 4. The van der Waals surface area contributed by atoms with Gasteiger partial charge in [0.1, 0.15) is 0 Å². The number of nitrogens with one attached hydrogen (secondary N) is 1. The van der Waals surface area contributed by atoms with Crippen LogP contribution in [-0.2, 0) is 9.84 Å². The van der Waals surface area contributed by atoms with Gasteiger partial charge < -0.3 is 10.4 Å². The van der Waals surface area contributed by atoms with E-state index in [1.54, 1.807) is 0 Å². The zero-order valence-electron chi connectivity index (χ0n) is 10.1. The van der Waals surface area contributed by atoms with E-state index in [0.29, 0.717) is 0 Å². The van der Waals surface area contributed by atoms with Crippen LogP contribution in [0.1, 0.15) is 32.1 Å². The Morgan fingerprint density at radius 3 is 2.76 bits per heavy atom.